The van der Waals surface area contributed by atoms with Gasteiger partial charge in [0.25, 0.3) is 0 Å². The van der Waals surface area contributed by atoms with Crippen LogP contribution in [0.5, 0.6) is 0 Å². The first-order chi connectivity index (χ1) is 11.8. The standard InChI is InChI=1S/C20H12ClNO2/c21-15-9-3-1-7-13(15)19(23)18-14-8-2-4-11-17(14)24-20(18)16-10-5-6-12-22-16/h1-12H. The molecule has 0 aliphatic carbocycles. The molecule has 0 atom stereocenters. The number of fused-ring (bicyclic) bond motifs is 1. The highest BCUT2D eigenvalue weighted by Gasteiger charge is 2.24. The van der Waals surface area contributed by atoms with Gasteiger partial charge in [0.2, 0.25) is 0 Å². The third-order valence-corrected chi connectivity index (χ3v) is 4.17. The summed E-state index contributed by atoms with van der Waals surface area (Å²) in [5, 5.41) is 1.17. The van der Waals surface area contributed by atoms with E-state index in [1.54, 1.807) is 30.5 Å². The van der Waals surface area contributed by atoms with Gasteiger partial charge in [-0.15, -0.1) is 0 Å². The molecule has 4 rings (SSSR count). The number of carbonyl (C=O) groups is 1. The number of hydrogen-bond acceptors (Lipinski definition) is 3. The van der Waals surface area contributed by atoms with Gasteiger partial charge in [0.15, 0.2) is 11.5 Å². The molecule has 2 aromatic carbocycles. The first kappa shape index (κ1) is 14.7. The minimum Gasteiger partial charge on any atom is -0.454 e. The van der Waals surface area contributed by atoms with Crippen LogP contribution in [-0.2, 0) is 0 Å². The smallest absolute Gasteiger partial charge is 0.199 e. The van der Waals surface area contributed by atoms with E-state index in [4.69, 9.17) is 16.0 Å². The maximum Gasteiger partial charge on any atom is 0.199 e. The molecule has 0 aliphatic rings. The van der Waals surface area contributed by atoms with Crippen LogP contribution in [0.15, 0.2) is 77.3 Å². The van der Waals surface area contributed by atoms with Gasteiger partial charge in [0.05, 0.1) is 10.6 Å². The summed E-state index contributed by atoms with van der Waals surface area (Å²) in [4.78, 5) is 17.5. The van der Waals surface area contributed by atoms with Crippen LogP contribution in [0.2, 0.25) is 5.02 Å². The number of halogens is 1. The Balaban J connectivity index is 2.00. The number of furan rings is 1. The average Bonchev–Trinajstić information content (AvgIpc) is 3.02. The molecular formula is C20H12ClNO2. The van der Waals surface area contributed by atoms with E-state index < -0.39 is 0 Å². The molecule has 0 amide bonds. The number of ketones is 1. The zero-order valence-corrected chi connectivity index (χ0v) is 13.3. The number of benzene rings is 2. The lowest BCUT2D eigenvalue weighted by molar-refractivity contribution is 0.104. The fourth-order valence-corrected chi connectivity index (χ4v) is 2.95. The zero-order valence-electron chi connectivity index (χ0n) is 12.6. The predicted octanol–water partition coefficient (Wildman–Crippen LogP) is 5.38. The summed E-state index contributed by atoms with van der Waals surface area (Å²) >= 11 is 6.22. The van der Waals surface area contributed by atoms with Crippen molar-refractivity contribution in [1.29, 1.82) is 0 Å². The lowest BCUT2D eigenvalue weighted by Gasteiger charge is -2.04. The van der Waals surface area contributed by atoms with Crippen molar-refractivity contribution in [1.82, 2.24) is 4.98 Å². The molecule has 0 aliphatic heterocycles. The number of rotatable bonds is 3. The van der Waals surface area contributed by atoms with E-state index in [-0.39, 0.29) is 5.78 Å². The summed E-state index contributed by atoms with van der Waals surface area (Å²) in [6.45, 7) is 0. The first-order valence-corrected chi connectivity index (χ1v) is 7.85. The van der Waals surface area contributed by atoms with Gasteiger partial charge in [0, 0.05) is 17.1 Å². The molecule has 0 saturated heterocycles. The summed E-state index contributed by atoms with van der Waals surface area (Å²) < 4.78 is 5.94. The monoisotopic (exact) mass is 333 g/mol. The van der Waals surface area contributed by atoms with Crippen molar-refractivity contribution in [3.63, 3.8) is 0 Å². The summed E-state index contributed by atoms with van der Waals surface area (Å²) in [5.74, 6) is 0.285. The second-order valence-electron chi connectivity index (χ2n) is 5.33. The molecular weight excluding hydrogens is 322 g/mol. The normalized spacial score (nSPS) is 10.9. The van der Waals surface area contributed by atoms with Crippen LogP contribution in [0.4, 0.5) is 0 Å². The van der Waals surface area contributed by atoms with Gasteiger partial charge >= 0.3 is 0 Å². The molecule has 0 spiro atoms. The molecule has 0 unspecified atom stereocenters. The number of para-hydroxylation sites is 1. The van der Waals surface area contributed by atoms with Gasteiger partial charge < -0.3 is 4.42 Å². The largest absolute Gasteiger partial charge is 0.454 e. The third-order valence-electron chi connectivity index (χ3n) is 3.84. The van der Waals surface area contributed by atoms with Crippen LogP contribution in [0.25, 0.3) is 22.4 Å². The van der Waals surface area contributed by atoms with Gasteiger partial charge in [-0.1, -0.05) is 48.0 Å². The van der Waals surface area contributed by atoms with Gasteiger partial charge in [-0.05, 0) is 30.3 Å². The maximum atomic E-state index is 13.2. The Bertz CT molecular complexity index is 1040. The van der Waals surface area contributed by atoms with Gasteiger partial charge in [-0.25, -0.2) is 0 Å². The van der Waals surface area contributed by atoms with E-state index in [1.165, 1.54) is 0 Å². The molecule has 0 bridgehead atoms. The Kier molecular flexibility index (Phi) is 3.63. The second kappa shape index (κ2) is 5.95. The molecule has 24 heavy (non-hydrogen) atoms. The van der Waals surface area contributed by atoms with Crippen molar-refractivity contribution < 1.29 is 9.21 Å². The quantitative estimate of drug-likeness (QED) is 0.473. The fourth-order valence-electron chi connectivity index (χ4n) is 2.73. The molecule has 3 nitrogen and oxygen atoms in total. The summed E-state index contributed by atoms with van der Waals surface area (Å²) in [7, 11) is 0. The lowest BCUT2D eigenvalue weighted by Crippen LogP contribution is -2.03. The third kappa shape index (κ3) is 2.39. The Labute approximate surface area is 143 Å². The van der Waals surface area contributed by atoms with E-state index in [9.17, 15) is 4.79 Å². The topological polar surface area (TPSA) is 43.1 Å². The Hall–Kier alpha value is -2.91. The van der Waals surface area contributed by atoms with Crippen LogP contribution in [0.1, 0.15) is 15.9 Å². The highest BCUT2D eigenvalue weighted by molar-refractivity contribution is 6.36. The fraction of sp³-hybridized carbons (Fsp3) is 0. The first-order valence-electron chi connectivity index (χ1n) is 7.48. The number of aromatic nitrogens is 1. The summed E-state index contributed by atoms with van der Waals surface area (Å²) in [6.07, 6.45) is 1.67. The summed E-state index contributed by atoms with van der Waals surface area (Å²) in [6, 6.07) is 20.0. The SMILES string of the molecule is O=C(c1ccccc1Cl)c1c(-c2ccccn2)oc2ccccc12. The van der Waals surface area contributed by atoms with Crippen molar-refractivity contribution in [2.45, 2.75) is 0 Å². The summed E-state index contributed by atoms with van der Waals surface area (Å²) in [5.41, 5.74) is 2.19. The van der Waals surface area contributed by atoms with Crippen LogP contribution in [0, 0.1) is 0 Å². The minimum atomic E-state index is -0.175. The number of nitrogens with zero attached hydrogens (tertiary/aromatic N) is 1. The van der Waals surface area contributed by atoms with Crippen LogP contribution < -0.4 is 0 Å². The van der Waals surface area contributed by atoms with E-state index >= 15 is 0 Å². The van der Waals surface area contributed by atoms with Crippen molar-refractivity contribution in [2.24, 2.45) is 0 Å². The van der Waals surface area contributed by atoms with Crippen molar-refractivity contribution in [3.05, 3.63) is 89.1 Å². The van der Waals surface area contributed by atoms with Crippen LogP contribution >= 0.6 is 11.6 Å². The Morgan fingerprint density at radius 3 is 2.46 bits per heavy atom. The van der Waals surface area contributed by atoms with Crippen molar-refractivity contribution in [3.8, 4) is 11.5 Å². The van der Waals surface area contributed by atoms with Gasteiger partial charge in [0.1, 0.15) is 11.3 Å². The van der Waals surface area contributed by atoms with Crippen molar-refractivity contribution >= 4 is 28.4 Å². The predicted molar refractivity (Wildman–Crippen MR) is 94.3 cm³/mol. The number of pyridine rings is 1. The Morgan fingerprint density at radius 1 is 0.917 bits per heavy atom. The molecule has 116 valence electrons. The van der Waals surface area contributed by atoms with E-state index in [0.29, 0.717) is 33.2 Å². The molecule has 2 aromatic heterocycles. The molecule has 2 heterocycles. The molecule has 0 fully saturated rings. The molecule has 0 N–H and O–H groups in total. The van der Waals surface area contributed by atoms with Gasteiger partial charge in [-0.2, -0.15) is 0 Å². The van der Waals surface area contributed by atoms with E-state index in [0.717, 1.165) is 5.39 Å². The number of carbonyl (C=O) groups excluding carboxylic acids is 1. The second-order valence-corrected chi connectivity index (χ2v) is 5.73. The average molecular weight is 334 g/mol. The van der Waals surface area contributed by atoms with E-state index in [2.05, 4.69) is 4.98 Å². The molecule has 0 saturated carbocycles. The van der Waals surface area contributed by atoms with Gasteiger partial charge in [-0.3, -0.25) is 9.78 Å². The van der Waals surface area contributed by atoms with Crippen molar-refractivity contribution in [2.75, 3.05) is 0 Å². The van der Waals surface area contributed by atoms with E-state index in [1.807, 2.05) is 42.5 Å². The number of hydrogen-bond donors (Lipinski definition) is 0. The highest BCUT2D eigenvalue weighted by atomic mass is 35.5. The molecule has 4 heteroatoms. The van der Waals surface area contributed by atoms with Crippen LogP contribution in [-0.4, -0.2) is 10.8 Å². The Morgan fingerprint density at radius 2 is 1.67 bits per heavy atom. The molecule has 4 aromatic rings. The highest BCUT2D eigenvalue weighted by Crippen LogP contribution is 2.35. The maximum absolute atomic E-state index is 13.2. The van der Waals surface area contributed by atoms with Crippen LogP contribution in [0.3, 0.4) is 0 Å². The molecule has 0 radical (unpaired) electrons. The minimum absolute atomic E-state index is 0.175. The zero-order chi connectivity index (χ0) is 16.5. The lowest BCUT2D eigenvalue weighted by atomic mass is 9.99.